The van der Waals surface area contributed by atoms with E-state index in [2.05, 4.69) is 36.6 Å². The summed E-state index contributed by atoms with van der Waals surface area (Å²) >= 11 is 6.62. The van der Waals surface area contributed by atoms with Crippen molar-refractivity contribution in [3.8, 4) is 0 Å². The molecule has 2 aromatic rings. The normalized spacial score (nSPS) is 11.4. The van der Waals surface area contributed by atoms with E-state index in [1.54, 1.807) is 31.2 Å². The molecule has 4 nitrogen and oxygen atoms in total. The third-order valence-electron chi connectivity index (χ3n) is 2.95. The van der Waals surface area contributed by atoms with Gasteiger partial charge in [0.25, 0.3) is 10.0 Å². The lowest BCUT2D eigenvalue weighted by molar-refractivity contribution is 0.600. The number of anilines is 2. The summed E-state index contributed by atoms with van der Waals surface area (Å²) in [6.45, 7) is 3.58. The van der Waals surface area contributed by atoms with Crippen LogP contribution in [0.25, 0.3) is 0 Å². The number of hydrogen-bond acceptors (Lipinski definition) is 3. The van der Waals surface area contributed by atoms with Crippen LogP contribution in [0.2, 0.25) is 0 Å². The first-order valence-electron chi connectivity index (χ1n) is 6.04. The summed E-state index contributed by atoms with van der Waals surface area (Å²) in [5, 5.41) is 0. The molecule has 7 heteroatoms. The fourth-order valence-corrected chi connectivity index (χ4v) is 4.53. The highest BCUT2D eigenvalue weighted by molar-refractivity contribution is 9.10. The monoisotopic (exact) mass is 432 g/mol. The zero-order valence-corrected chi connectivity index (χ0v) is 15.4. The van der Waals surface area contributed by atoms with Crippen molar-refractivity contribution in [2.24, 2.45) is 0 Å². The van der Waals surface area contributed by atoms with Crippen molar-refractivity contribution in [2.75, 3.05) is 10.5 Å². The van der Waals surface area contributed by atoms with Crippen molar-refractivity contribution in [2.45, 2.75) is 18.7 Å². The number of rotatable bonds is 3. The predicted molar refractivity (Wildman–Crippen MR) is 93.0 cm³/mol. The van der Waals surface area contributed by atoms with E-state index in [-0.39, 0.29) is 4.90 Å². The summed E-state index contributed by atoms with van der Waals surface area (Å²) in [6.07, 6.45) is 0. The lowest BCUT2D eigenvalue weighted by Crippen LogP contribution is -2.15. The van der Waals surface area contributed by atoms with Gasteiger partial charge in [-0.15, -0.1) is 0 Å². The minimum atomic E-state index is -3.70. The Labute approximate surface area is 141 Å². The van der Waals surface area contributed by atoms with Gasteiger partial charge in [-0.3, -0.25) is 4.72 Å². The van der Waals surface area contributed by atoms with E-state index in [1.165, 1.54) is 0 Å². The Morgan fingerprint density at radius 2 is 1.62 bits per heavy atom. The summed E-state index contributed by atoms with van der Waals surface area (Å²) in [7, 11) is -3.70. The number of nitrogens with one attached hydrogen (secondary N) is 1. The van der Waals surface area contributed by atoms with Gasteiger partial charge in [-0.05, 0) is 55.3 Å². The maximum atomic E-state index is 12.5. The summed E-state index contributed by atoms with van der Waals surface area (Å²) in [5.41, 5.74) is 8.23. The molecule has 0 amide bonds. The zero-order valence-electron chi connectivity index (χ0n) is 11.4. The summed E-state index contributed by atoms with van der Waals surface area (Å²) in [6, 6.07) is 8.59. The number of benzene rings is 2. The molecule has 0 heterocycles. The van der Waals surface area contributed by atoms with Crippen LogP contribution in [0.5, 0.6) is 0 Å². The molecule has 0 saturated carbocycles. The van der Waals surface area contributed by atoms with Crippen LogP contribution in [-0.4, -0.2) is 8.42 Å². The van der Waals surface area contributed by atoms with Crippen molar-refractivity contribution in [1.29, 1.82) is 0 Å². The molecule has 0 fully saturated rings. The molecule has 2 aromatic carbocycles. The first-order valence-corrected chi connectivity index (χ1v) is 9.11. The molecule has 0 bridgehead atoms. The number of hydrogen-bond donors (Lipinski definition) is 2. The molecule has 0 aliphatic carbocycles. The zero-order chi connectivity index (χ0) is 15.8. The van der Waals surface area contributed by atoms with Crippen molar-refractivity contribution < 1.29 is 8.42 Å². The first-order chi connectivity index (χ1) is 9.69. The number of halogens is 2. The van der Waals surface area contributed by atoms with Crippen LogP contribution in [0.1, 0.15) is 11.1 Å². The van der Waals surface area contributed by atoms with Gasteiger partial charge >= 0.3 is 0 Å². The average Bonchev–Trinajstić information content (AvgIpc) is 2.31. The fraction of sp³-hybridized carbons (Fsp3) is 0.143. The van der Waals surface area contributed by atoms with E-state index in [9.17, 15) is 8.42 Å². The Morgan fingerprint density at radius 1 is 1.00 bits per heavy atom. The molecular formula is C14H14Br2N2O2S. The smallest absolute Gasteiger partial charge is 0.262 e. The van der Waals surface area contributed by atoms with E-state index in [1.807, 2.05) is 13.0 Å². The van der Waals surface area contributed by atoms with Crippen LogP contribution < -0.4 is 10.5 Å². The van der Waals surface area contributed by atoms with E-state index in [4.69, 9.17) is 5.73 Å². The second-order valence-electron chi connectivity index (χ2n) is 4.74. The van der Waals surface area contributed by atoms with Gasteiger partial charge in [0.1, 0.15) is 0 Å². The molecule has 0 spiro atoms. The van der Waals surface area contributed by atoms with Crippen molar-refractivity contribution in [3.05, 3.63) is 50.4 Å². The Bertz CT molecular complexity index is 785. The quantitative estimate of drug-likeness (QED) is 0.712. The van der Waals surface area contributed by atoms with E-state index < -0.39 is 10.0 Å². The third-order valence-corrected chi connectivity index (χ3v) is 5.37. The van der Waals surface area contributed by atoms with Crippen LogP contribution >= 0.6 is 31.9 Å². The second-order valence-corrected chi connectivity index (χ2v) is 8.22. The number of aryl methyl sites for hydroxylation is 1. The van der Waals surface area contributed by atoms with Crippen LogP contribution in [0.4, 0.5) is 11.4 Å². The highest BCUT2D eigenvalue weighted by Gasteiger charge is 2.19. The Balaban J connectivity index is 2.48. The largest absolute Gasteiger partial charge is 0.398 e. The topological polar surface area (TPSA) is 72.2 Å². The molecular weight excluding hydrogens is 420 g/mol. The van der Waals surface area contributed by atoms with E-state index in [0.29, 0.717) is 21.4 Å². The summed E-state index contributed by atoms with van der Waals surface area (Å²) in [4.78, 5) is 0.159. The van der Waals surface area contributed by atoms with Gasteiger partial charge in [-0.2, -0.15) is 0 Å². The number of nitrogens with two attached hydrogens (primary N) is 1. The molecule has 2 rings (SSSR count). The maximum Gasteiger partial charge on any atom is 0.262 e. The second kappa shape index (κ2) is 5.98. The Kier molecular flexibility index (Phi) is 4.65. The van der Waals surface area contributed by atoms with Crippen molar-refractivity contribution in [1.82, 2.24) is 0 Å². The molecule has 0 unspecified atom stereocenters. The first kappa shape index (κ1) is 16.3. The van der Waals surface area contributed by atoms with Crippen LogP contribution in [0.15, 0.2) is 44.2 Å². The van der Waals surface area contributed by atoms with Gasteiger partial charge in [0.2, 0.25) is 0 Å². The van der Waals surface area contributed by atoms with Crippen LogP contribution in [-0.2, 0) is 10.0 Å². The minimum Gasteiger partial charge on any atom is -0.398 e. The molecule has 0 aliphatic rings. The highest BCUT2D eigenvalue weighted by atomic mass is 79.9. The molecule has 0 saturated heterocycles. The maximum absolute atomic E-state index is 12.5. The number of nitrogen functional groups attached to an aromatic ring is 1. The van der Waals surface area contributed by atoms with Crippen LogP contribution in [0.3, 0.4) is 0 Å². The fourth-order valence-electron chi connectivity index (χ4n) is 1.96. The predicted octanol–water partition coefficient (Wildman–Crippen LogP) is 4.21. The molecule has 0 radical (unpaired) electrons. The van der Waals surface area contributed by atoms with Gasteiger partial charge in [-0.25, -0.2) is 8.42 Å². The van der Waals surface area contributed by atoms with Crippen LogP contribution in [0, 0.1) is 13.8 Å². The number of sulfonamides is 1. The van der Waals surface area contributed by atoms with Gasteiger partial charge in [0.05, 0.1) is 10.6 Å². The molecule has 3 N–H and O–H groups in total. The molecule has 112 valence electrons. The van der Waals surface area contributed by atoms with E-state index >= 15 is 0 Å². The lowest BCUT2D eigenvalue weighted by Gasteiger charge is -2.13. The van der Waals surface area contributed by atoms with Gasteiger partial charge < -0.3 is 5.73 Å². The van der Waals surface area contributed by atoms with Crippen molar-refractivity contribution >= 4 is 53.3 Å². The molecule has 0 atom stereocenters. The highest BCUT2D eigenvalue weighted by Crippen LogP contribution is 2.28. The van der Waals surface area contributed by atoms with Crippen molar-refractivity contribution in [3.63, 3.8) is 0 Å². The average molecular weight is 434 g/mol. The Hall–Kier alpha value is -1.05. The van der Waals surface area contributed by atoms with Gasteiger partial charge in [0.15, 0.2) is 0 Å². The molecule has 21 heavy (non-hydrogen) atoms. The Morgan fingerprint density at radius 3 is 2.24 bits per heavy atom. The molecule has 0 aromatic heterocycles. The van der Waals surface area contributed by atoms with Gasteiger partial charge in [0, 0.05) is 14.6 Å². The summed E-state index contributed by atoms with van der Waals surface area (Å²) in [5.74, 6) is 0. The lowest BCUT2D eigenvalue weighted by atomic mass is 10.2. The van der Waals surface area contributed by atoms with E-state index in [0.717, 1.165) is 10.0 Å². The minimum absolute atomic E-state index is 0.159. The summed E-state index contributed by atoms with van der Waals surface area (Å²) < 4.78 is 29.1. The SMILES string of the molecule is Cc1cc(Br)cc(NS(=O)(=O)c2cc(Br)cc(N)c2C)c1. The standard InChI is InChI=1S/C14H14Br2N2O2S/c1-8-3-10(15)5-12(4-8)18-21(19,20)14-7-11(16)6-13(17)9(14)2/h3-7,18H,17H2,1-2H3. The molecule has 0 aliphatic heterocycles. The third kappa shape index (κ3) is 3.78. The van der Waals surface area contributed by atoms with Gasteiger partial charge in [-0.1, -0.05) is 31.9 Å².